The Labute approximate surface area is 266 Å². The topological polar surface area (TPSA) is 128 Å². The van der Waals surface area contributed by atoms with Gasteiger partial charge in [0.1, 0.15) is 12.7 Å². The van der Waals surface area contributed by atoms with E-state index in [1.54, 1.807) is 0 Å². The number of rotatable bonds is 28. The lowest BCUT2D eigenvalue weighted by molar-refractivity contribution is -0.147. The van der Waals surface area contributed by atoms with Crippen LogP contribution in [0.3, 0.4) is 0 Å². The highest BCUT2D eigenvalue weighted by atomic mass is 31.2. The van der Waals surface area contributed by atoms with Crippen LogP contribution in [-0.4, -0.2) is 48.4 Å². The highest BCUT2D eigenvalue weighted by Gasteiger charge is 2.22. The van der Waals surface area contributed by atoms with Crippen LogP contribution in [0.15, 0.2) is 97.2 Å². The first-order chi connectivity index (χ1) is 21.4. The average Bonchev–Trinajstić information content (AvgIpc) is 3.01. The summed E-state index contributed by atoms with van der Waals surface area (Å²) in [4.78, 5) is 21.1. The van der Waals surface area contributed by atoms with Crippen LogP contribution in [0, 0.1) is 0 Å². The van der Waals surface area contributed by atoms with Crippen LogP contribution in [0.4, 0.5) is 0 Å². The molecule has 0 radical (unpaired) electrons. The van der Waals surface area contributed by atoms with Crippen LogP contribution in [0.2, 0.25) is 0 Å². The smallest absolute Gasteiger partial charge is 0.463 e. The standard InChI is InChI=1S/C35H56NO7P/c1-2-3-4-5-6-7-8-9-10-11-12-13-14-15-16-17-18-19-20-21-22-23-24-25-26-27-28-29-35(38)41-32-34(37)33-43-44(39,40)42-31-30-36/h3-4,6-7,9-10,12-13,15-16,18-19,21-22,24-25,34,37H,2,5,8,11,14,17,20,23,26-33,36H2,1H3,(H,39,40)/b4-3-,7-6-,10-9-,13-12-,16-15-,19-18-,22-21-,25-24-. The Bertz CT molecular complexity index is 980. The number of carbonyl (C=O) groups excluding carboxylic acids is 1. The van der Waals surface area contributed by atoms with E-state index in [1.807, 2.05) is 0 Å². The Kier molecular flexibility index (Phi) is 30.0. The highest BCUT2D eigenvalue weighted by Crippen LogP contribution is 2.42. The van der Waals surface area contributed by atoms with Crippen molar-refractivity contribution >= 4 is 13.8 Å². The zero-order chi connectivity index (χ0) is 32.4. The molecule has 248 valence electrons. The molecule has 0 amide bonds. The lowest BCUT2D eigenvalue weighted by atomic mass is 10.2. The van der Waals surface area contributed by atoms with E-state index in [0.29, 0.717) is 6.42 Å². The molecule has 0 aromatic carbocycles. The normalized spacial score (nSPS) is 15.1. The number of carbonyl (C=O) groups is 1. The number of aliphatic hydroxyl groups is 1. The van der Waals surface area contributed by atoms with Gasteiger partial charge in [-0.05, 0) is 70.6 Å². The molecule has 2 unspecified atom stereocenters. The summed E-state index contributed by atoms with van der Waals surface area (Å²) in [5.74, 6) is -0.433. The van der Waals surface area contributed by atoms with E-state index in [4.69, 9.17) is 10.5 Å². The summed E-state index contributed by atoms with van der Waals surface area (Å²) in [5, 5.41) is 9.72. The van der Waals surface area contributed by atoms with Crippen LogP contribution in [0.25, 0.3) is 0 Å². The molecule has 0 aromatic heterocycles. The summed E-state index contributed by atoms with van der Waals surface area (Å²) >= 11 is 0. The van der Waals surface area contributed by atoms with E-state index in [9.17, 15) is 19.4 Å². The van der Waals surface area contributed by atoms with Gasteiger partial charge in [0, 0.05) is 13.0 Å². The van der Waals surface area contributed by atoms with Gasteiger partial charge in [-0.3, -0.25) is 13.8 Å². The number of phosphoric ester groups is 1. The molecule has 44 heavy (non-hydrogen) atoms. The van der Waals surface area contributed by atoms with Crippen molar-refractivity contribution in [1.82, 2.24) is 0 Å². The molecule has 8 nitrogen and oxygen atoms in total. The molecule has 0 rings (SSSR count). The van der Waals surface area contributed by atoms with Gasteiger partial charge < -0.3 is 20.5 Å². The molecule has 0 aromatic rings. The number of hydrogen-bond acceptors (Lipinski definition) is 7. The molecule has 4 N–H and O–H groups in total. The first-order valence-corrected chi connectivity index (χ1v) is 17.3. The van der Waals surface area contributed by atoms with Gasteiger partial charge in [0.25, 0.3) is 0 Å². The van der Waals surface area contributed by atoms with Crippen LogP contribution in [0.5, 0.6) is 0 Å². The molecule has 0 aliphatic heterocycles. The van der Waals surface area contributed by atoms with Crippen molar-refractivity contribution in [2.45, 2.75) is 90.1 Å². The van der Waals surface area contributed by atoms with Crippen LogP contribution < -0.4 is 5.73 Å². The van der Waals surface area contributed by atoms with E-state index in [2.05, 4.69) is 113 Å². The largest absolute Gasteiger partial charge is 0.472 e. The second kappa shape index (κ2) is 31.8. The molecular weight excluding hydrogens is 577 g/mol. The van der Waals surface area contributed by atoms with Gasteiger partial charge in [-0.25, -0.2) is 4.57 Å². The quantitative estimate of drug-likeness (QED) is 0.0341. The number of hydrogen-bond donors (Lipinski definition) is 3. The van der Waals surface area contributed by atoms with Crippen molar-refractivity contribution in [3.8, 4) is 0 Å². The molecule has 0 bridgehead atoms. The van der Waals surface area contributed by atoms with Crippen molar-refractivity contribution in [3.63, 3.8) is 0 Å². The minimum Gasteiger partial charge on any atom is -0.463 e. The van der Waals surface area contributed by atoms with Gasteiger partial charge in [-0.2, -0.15) is 0 Å². The predicted molar refractivity (Wildman–Crippen MR) is 182 cm³/mol. The number of ether oxygens (including phenoxy) is 1. The molecule has 0 spiro atoms. The molecule has 0 aliphatic carbocycles. The van der Waals surface area contributed by atoms with Gasteiger partial charge in [-0.1, -0.05) is 104 Å². The first-order valence-electron chi connectivity index (χ1n) is 15.8. The minimum atomic E-state index is -4.27. The molecule has 2 atom stereocenters. The zero-order valence-electron chi connectivity index (χ0n) is 26.6. The summed E-state index contributed by atoms with van der Waals surface area (Å²) in [5.41, 5.74) is 5.18. The van der Waals surface area contributed by atoms with Crippen molar-refractivity contribution in [1.29, 1.82) is 0 Å². The summed E-state index contributed by atoms with van der Waals surface area (Å²) in [6.07, 6.45) is 44.1. The van der Waals surface area contributed by atoms with Crippen LogP contribution in [0.1, 0.15) is 84.0 Å². The van der Waals surface area contributed by atoms with Gasteiger partial charge >= 0.3 is 13.8 Å². The van der Waals surface area contributed by atoms with Crippen LogP contribution in [-0.2, 0) is 23.1 Å². The molecule has 0 aliphatic rings. The number of allylic oxidation sites excluding steroid dienone is 16. The fraction of sp³-hybridized carbons (Fsp3) is 0.514. The van der Waals surface area contributed by atoms with Gasteiger partial charge in [0.15, 0.2) is 0 Å². The van der Waals surface area contributed by atoms with Crippen LogP contribution >= 0.6 is 7.82 Å². The summed E-state index contributed by atoms with van der Waals surface area (Å²) in [7, 11) is -4.27. The molecule has 0 fully saturated rings. The summed E-state index contributed by atoms with van der Waals surface area (Å²) in [6, 6.07) is 0. The lowest BCUT2D eigenvalue weighted by Crippen LogP contribution is -2.23. The third kappa shape index (κ3) is 32.3. The Morgan fingerprint density at radius 2 is 1.11 bits per heavy atom. The molecule has 0 heterocycles. The third-order valence-corrected chi connectivity index (χ3v) is 6.70. The molecule has 0 saturated heterocycles. The SMILES string of the molecule is CC/C=C\C/C=C\C/C=C\C/C=C\C/C=C\C/C=C\C/C=C\C/C=C\CCCCC(=O)OCC(O)COP(=O)(O)OCCN. The van der Waals surface area contributed by atoms with Gasteiger partial charge in [0.05, 0.1) is 13.2 Å². The van der Waals surface area contributed by atoms with Crippen molar-refractivity contribution < 1.29 is 33.1 Å². The minimum absolute atomic E-state index is 0.0621. The number of esters is 1. The van der Waals surface area contributed by atoms with E-state index < -0.39 is 26.5 Å². The number of unbranched alkanes of at least 4 members (excludes halogenated alkanes) is 2. The second-order valence-corrected chi connectivity index (χ2v) is 11.3. The Balaban J connectivity index is 3.67. The summed E-state index contributed by atoms with van der Waals surface area (Å²) in [6.45, 7) is 1.26. The predicted octanol–water partition coefficient (Wildman–Crippen LogP) is 8.13. The number of aliphatic hydroxyl groups excluding tert-OH is 1. The molecule has 9 heteroatoms. The first kappa shape index (κ1) is 41.4. The van der Waals surface area contributed by atoms with Crippen molar-refractivity contribution in [3.05, 3.63) is 97.2 Å². The molecular formula is C35H56NO7P. The van der Waals surface area contributed by atoms with E-state index in [1.165, 1.54) is 0 Å². The number of nitrogens with two attached hydrogens (primary N) is 1. The Morgan fingerprint density at radius 3 is 1.55 bits per heavy atom. The van der Waals surface area contributed by atoms with E-state index >= 15 is 0 Å². The lowest BCUT2D eigenvalue weighted by Gasteiger charge is -2.15. The maximum atomic E-state index is 11.8. The highest BCUT2D eigenvalue weighted by molar-refractivity contribution is 7.47. The zero-order valence-corrected chi connectivity index (χ0v) is 27.5. The van der Waals surface area contributed by atoms with E-state index in [-0.39, 0.29) is 26.2 Å². The fourth-order valence-corrected chi connectivity index (χ4v) is 4.18. The fourth-order valence-electron chi connectivity index (χ4n) is 3.41. The second-order valence-electron chi connectivity index (χ2n) is 9.80. The van der Waals surface area contributed by atoms with Gasteiger partial charge in [-0.15, -0.1) is 0 Å². The average molecular weight is 634 g/mol. The summed E-state index contributed by atoms with van der Waals surface area (Å²) < 4.78 is 25.6. The third-order valence-electron chi connectivity index (χ3n) is 5.71. The van der Waals surface area contributed by atoms with Gasteiger partial charge in [0.2, 0.25) is 0 Å². The van der Waals surface area contributed by atoms with Crippen molar-refractivity contribution in [2.24, 2.45) is 5.73 Å². The monoisotopic (exact) mass is 633 g/mol. The Morgan fingerprint density at radius 1 is 0.682 bits per heavy atom. The maximum Gasteiger partial charge on any atom is 0.472 e. The maximum absolute atomic E-state index is 11.8. The Hall–Kier alpha value is -2.58. The van der Waals surface area contributed by atoms with Crippen molar-refractivity contribution in [2.75, 3.05) is 26.4 Å². The number of phosphoric acid groups is 1. The molecule has 0 saturated carbocycles. The van der Waals surface area contributed by atoms with E-state index in [0.717, 1.165) is 64.2 Å².